The lowest BCUT2D eigenvalue weighted by Crippen LogP contribution is -2.65. The Morgan fingerprint density at radius 3 is 2.64 bits per heavy atom. The van der Waals surface area contributed by atoms with Crippen molar-refractivity contribution in [3.05, 3.63) is 15.6 Å². The number of rotatable bonds is 5. The summed E-state index contributed by atoms with van der Waals surface area (Å²) in [6, 6.07) is 0.475. The molecule has 2 unspecified atom stereocenters. The molecule has 0 aliphatic heterocycles. The average Bonchev–Trinajstić information content (AvgIpc) is 3.19. The zero-order chi connectivity index (χ0) is 17.2. The van der Waals surface area contributed by atoms with Crippen molar-refractivity contribution >= 4 is 41.3 Å². The molecule has 1 aromatic rings. The van der Waals surface area contributed by atoms with Gasteiger partial charge in [0.05, 0.1) is 18.3 Å². The van der Waals surface area contributed by atoms with Crippen molar-refractivity contribution in [3.63, 3.8) is 0 Å². The van der Waals surface area contributed by atoms with Crippen LogP contribution in [0.25, 0.3) is 0 Å². The number of halogens is 1. The van der Waals surface area contributed by atoms with Crippen molar-refractivity contribution in [1.29, 1.82) is 0 Å². The number of guanidine groups is 1. The zero-order valence-electron chi connectivity index (χ0n) is 15.7. The van der Waals surface area contributed by atoms with Crippen LogP contribution in [0.2, 0.25) is 0 Å². The first kappa shape index (κ1) is 20.9. The predicted octanol–water partition coefficient (Wildman–Crippen LogP) is 3.78. The average molecular weight is 478 g/mol. The molecule has 0 bridgehead atoms. The van der Waals surface area contributed by atoms with Crippen LogP contribution in [0.15, 0.2) is 4.99 Å². The third-order valence-corrected chi connectivity index (χ3v) is 6.77. The van der Waals surface area contributed by atoms with Gasteiger partial charge in [0.1, 0.15) is 5.01 Å². The molecule has 0 radical (unpaired) electrons. The smallest absolute Gasteiger partial charge is 0.191 e. The summed E-state index contributed by atoms with van der Waals surface area (Å²) < 4.78 is 6.00. The Balaban J connectivity index is 0.00000225. The molecule has 2 aliphatic rings. The van der Waals surface area contributed by atoms with Crippen molar-refractivity contribution in [1.82, 2.24) is 15.6 Å². The summed E-state index contributed by atoms with van der Waals surface area (Å²) in [6.45, 7) is 7.83. The molecule has 2 fully saturated rings. The molecular formula is C18H31IN4OS. The maximum atomic E-state index is 6.00. The number of nitrogens with one attached hydrogen (secondary N) is 2. The number of thiazole rings is 1. The zero-order valence-corrected chi connectivity index (χ0v) is 18.9. The van der Waals surface area contributed by atoms with Gasteiger partial charge in [0.15, 0.2) is 5.96 Å². The minimum atomic E-state index is 0. The van der Waals surface area contributed by atoms with Gasteiger partial charge in [0.25, 0.3) is 0 Å². The van der Waals surface area contributed by atoms with E-state index >= 15 is 0 Å². The van der Waals surface area contributed by atoms with Crippen LogP contribution in [-0.2, 0) is 11.3 Å². The first-order chi connectivity index (χ1) is 11.6. The van der Waals surface area contributed by atoms with Crippen LogP contribution in [0.5, 0.6) is 0 Å². The molecule has 1 aromatic heterocycles. The first-order valence-corrected chi connectivity index (χ1v) is 9.92. The fourth-order valence-electron chi connectivity index (χ4n) is 4.22. The predicted molar refractivity (Wildman–Crippen MR) is 115 cm³/mol. The lowest BCUT2D eigenvalue weighted by Gasteiger charge is -2.54. The molecule has 5 nitrogen and oxygen atoms in total. The highest BCUT2D eigenvalue weighted by molar-refractivity contribution is 14.0. The van der Waals surface area contributed by atoms with Crippen LogP contribution >= 0.6 is 35.3 Å². The van der Waals surface area contributed by atoms with E-state index in [9.17, 15) is 0 Å². The normalized spacial score (nSPS) is 24.7. The molecule has 1 heterocycles. The Labute approximate surface area is 172 Å². The van der Waals surface area contributed by atoms with E-state index in [1.807, 2.05) is 7.05 Å². The first-order valence-electron chi connectivity index (χ1n) is 9.10. The van der Waals surface area contributed by atoms with Gasteiger partial charge >= 0.3 is 0 Å². The third kappa shape index (κ3) is 4.30. The summed E-state index contributed by atoms with van der Waals surface area (Å²) in [7, 11) is 1.84. The highest BCUT2D eigenvalue weighted by Crippen LogP contribution is 2.54. The highest BCUT2D eigenvalue weighted by Gasteiger charge is 2.56. The second kappa shape index (κ2) is 8.99. The molecule has 25 heavy (non-hydrogen) atoms. The minimum Gasteiger partial charge on any atom is -0.378 e. The van der Waals surface area contributed by atoms with Crippen LogP contribution in [0.3, 0.4) is 0 Å². The van der Waals surface area contributed by atoms with Crippen LogP contribution in [0, 0.1) is 19.3 Å². The van der Waals surface area contributed by atoms with Crippen molar-refractivity contribution in [2.75, 3.05) is 13.7 Å². The van der Waals surface area contributed by atoms with Crippen molar-refractivity contribution in [3.8, 4) is 0 Å². The summed E-state index contributed by atoms with van der Waals surface area (Å²) in [5, 5.41) is 8.19. The Hall–Kier alpha value is -0.410. The van der Waals surface area contributed by atoms with E-state index in [0.29, 0.717) is 17.6 Å². The van der Waals surface area contributed by atoms with E-state index in [4.69, 9.17) is 4.74 Å². The van der Waals surface area contributed by atoms with Crippen molar-refractivity contribution in [2.24, 2.45) is 10.4 Å². The van der Waals surface area contributed by atoms with Crippen LogP contribution in [-0.4, -0.2) is 36.7 Å². The number of aryl methyl sites for hydroxylation is 2. The van der Waals surface area contributed by atoms with Gasteiger partial charge in [0, 0.05) is 30.0 Å². The lowest BCUT2D eigenvalue weighted by atomic mass is 9.60. The largest absolute Gasteiger partial charge is 0.378 e. The van der Waals surface area contributed by atoms with Gasteiger partial charge in [-0.05, 0) is 40.0 Å². The molecule has 2 atom stereocenters. The number of nitrogens with zero attached hydrogens (tertiary/aromatic N) is 2. The topological polar surface area (TPSA) is 58.5 Å². The SMILES string of the molecule is CCOC1CC(NC(=NC)NCc2nc(C)c(C)s2)C12CCCC2.I. The van der Waals surface area contributed by atoms with Crippen molar-refractivity contribution < 1.29 is 4.74 Å². The van der Waals surface area contributed by atoms with Gasteiger partial charge < -0.3 is 15.4 Å². The van der Waals surface area contributed by atoms with E-state index in [0.717, 1.165) is 36.2 Å². The monoisotopic (exact) mass is 478 g/mol. The molecule has 0 aromatic carbocycles. The molecule has 0 saturated heterocycles. The van der Waals surface area contributed by atoms with Crippen LogP contribution in [0.4, 0.5) is 0 Å². The molecule has 3 rings (SSSR count). The van der Waals surface area contributed by atoms with Gasteiger partial charge in [-0.3, -0.25) is 4.99 Å². The second-order valence-corrected chi connectivity index (χ2v) is 8.28. The Kier molecular flexibility index (Phi) is 7.52. The Morgan fingerprint density at radius 2 is 2.08 bits per heavy atom. The lowest BCUT2D eigenvalue weighted by molar-refractivity contribution is -0.125. The van der Waals surface area contributed by atoms with E-state index in [1.165, 1.54) is 30.6 Å². The molecular weight excluding hydrogens is 447 g/mol. The summed E-state index contributed by atoms with van der Waals surface area (Å²) in [5.74, 6) is 0.881. The van der Waals surface area contributed by atoms with E-state index in [1.54, 1.807) is 11.3 Å². The van der Waals surface area contributed by atoms with Crippen LogP contribution in [0.1, 0.15) is 54.6 Å². The van der Waals surface area contributed by atoms with Crippen molar-refractivity contribution in [2.45, 2.75) is 71.6 Å². The number of ether oxygens (including phenoxy) is 1. The maximum absolute atomic E-state index is 6.00. The molecule has 7 heteroatoms. The van der Waals surface area contributed by atoms with Gasteiger partial charge in [-0.15, -0.1) is 35.3 Å². The van der Waals surface area contributed by atoms with Gasteiger partial charge in [-0.2, -0.15) is 0 Å². The van der Waals surface area contributed by atoms with Crippen LogP contribution < -0.4 is 10.6 Å². The van der Waals surface area contributed by atoms with E-state index < -0.39 is 0 Å². The molecule has 142 valence electrons. The molecule has 2 aliphatic carbocycles. The summed E-state index contributed by atoms with van der Waals surface area (Å²) in [6.07, 6.45) is 6.71. The van der Waals surface area contributed by atoms with E-state index in [2.05, 4.69) is 41.4 Å². The third-order valence-electron chi connectivity index (χ3n) is 5.70. The molecule has 1 spiro atoms. The summed E-state index contributed by atoms with van der Waals surface area (Å²) in [5.41, 5.74) is 1.45. The number of aromatic nitrogens is 1. The van der Waals surface area contributed by atoms with Gasteiger partial charge in [-0.1, -0.05) is 12.8 Å². The fourth-order valence-corrected chi connectivity index (χ4v) is 5.10. The molecule has 2 N–H and O–H groups in total. The Bertz CT molecular complexity index is 578. The Morgan fingerprint density at radius 1 is 1.36 bits per heavy atom. The summed E-state index contributed by atoms with van der Waals surface area (Å²) >= 11 is 1.75. The minimum absolute atomic E-state index is 0. The molecule has 0 amide bonds. The molecule has 2 saturated carbocycles. The number of hydrogen-bond donors (Lipinski definition) is 2. The number of aliphatic imine (C=N–C) groups is 1. The number of hydrogen-bond acceptors (Lipinski definition) is 4. The highest BCUT2D eigenvalue weighted by atomic mass is 127. The standard InChI is InChI=1S/C18H30N4OS.HI/c1-5-23-15-10-14(18(15)8-6-7-9-18)22-17(19-4)20-11-16-21-12(2)13(3)24-16;/h14-15H,5-11H2,1-4H3,(H2,19,20,22);1H. The maximum Gasteiger partial charge on any atom is 0.191 e. The van der Waals surface area contributed by atoms with Gasteiger partial charge in [0.2, 0.25) is 0 Å². The fraction of sp³-hybridized carbons (Fsp3) is 0.778. The second-order valence-electron chi connectivity index (χ2n) is 6.99. The van der Waals surface area contributed by atoms with E-state index in [-0.39, 0.29) is 24.0 Å². The quantitative estimate of drug-likeness (QED) is 0.384. The van der Waals surface area contributed by atoms with Gasteiger partial charge in [-0.25, -0.2) is 4.98 Å². The summed E-state index contributed by atoms with van der Waals surface area (Å²) in [4.78, 5) is 10.3.